The number of nitrogens with zero attached hydrogens (tertiary/aromatic N) is 1. The van der Waals surface area contributed by atoms with Gasteiger partial charge in [0, 0.05) is 5.02 Å². The van der Waals surface area contributed by atoms with Gasteiger partial charge in [-0.2, -0.15) is 0 Å². The first-order valence-corrected chi connectivity index (χ1v) is 5.74. The SMILES string of the molecule is O=C(O)CN=C1NC(=O)/C(=C/c2cccc(Cl)c2)N1. The summed E-state index contributed by atoms with van der Waals surface area (Å²) in [7, 11) is 0. The number of carbonyl (C=O) groups excluding carboxylic acids is 1. The molecule has 1 saturated heterocycles. The van der Waals surface area contributed by atoms with E-state index >= 15 is 0 Å². The maximum Gasteiger partial charge on any atom is 0.325 e. The molecule has 2 rings (SSSR count). The molecule has 19 heavy (non-hydrogen) atoms. The molecular formula is C12H10ClN3O3. The van der Waals surface area contributed by atoms with Crippen molar-refractivity contribution in [1.29, 1.82) is 0 Å². The lowest BCUT2D eigenvalue weighted by Gasteiger charge is -1.97. The molecule has 0 saturated carbocycles. The van der Waals surface area contributed by atoms with Crippen molar-refractivity contribution in [2.45, 2.75) is 0 Å². The zero-order valence-corrected chi connectivity index (χ0v) is 10.4. The second kappa shape index (κ2) is 5.53. The number of amides is 1. The first-order chi connectivity index (χ1) is 9.04. The minimum atomic E-state index is -1.07. The van der Waals surface area contributed by atoms with Crippen molar-refractivity contribution in [3.8, 4) is 0 Å². The van der Waals surface area contributed by atoms with Gasteiger partial charge in [0.15, 0.2) is 0 Å². The third-order valence-electron chi connectivity index (χ3n) is 2.26. The molecule has 1 heterocycles. The fraction of sp³-hybridized carbons (Fsp3) is 0.0833. The number of hydrogen-bond donors (Lipinski definition) is 3. The van der Waals surface area contributed by atoms with Gasteiger partial charge in [-0.3, -0.25) is 14.9 Å². The number of aliphatic carboxylic acids is 1. The van der Waals surface area contributed by atoms with Crippen molar-refractivity contribution in [1.82, 2.24) is 10.6 Å². The van der Waals surface area contributed by atoms with Gasteiger partial charge in [0.05, 0.1) is 0 Å². The van der Waals surface area contributed by atoms with Crippen LogP contribution in [0.1, 0.15) is 5.56 Å². The van der Waals surface area contributed by atoms with Crippen LogP contribution in [0.5, 0.6) is 0 Å². The van der Waals surface area contributed by atoms with E-state index in [1.165, 1.54) is 0 Å². The molecule has 0 spiro atoms. The number of rotatable bonds is 3. The summed E-state index contributed by atoms with van der Waals surface area (Å²) >= 11 is 5.84. The molecule has 0 unspecified atom stereocenters. The zero-order valence-electron chi connectivity index (χ0n) is 9.68. The minimum Gasteiger partial charge on any atom is -0.480 e. The molecule has 98 valence electrons. The normalized spacial score (nSPS) is 18.5. The first-order valence-electron chi connectivity index (χ1n) is 5.36. The molecule has 1 aromatic rings. The number of nitrogens with one attached hydrogen (secondary N) is 2. The van der Waals surface area contributed by atoms with E-state index in [1.54, 1.807) is 30.3 Å². The largest absolute Gasteiger partial charge is 0.480 e. The Morgan fingerprint density at radius 2 is 2.21 bits per heavy atom. The highest BCUT2D eigenvalue weighted by atomic mass is 35.5. The Labute approximate surface area is 113 Å². The predicted molar refractivity (Wildman–Crippen MR) is 70.6 cm³/mol. The van der Waals surface area contributed by atoms with Crippen LogP contribution >= 0.6 is 11.6 Å². The number of carbonyl (C=O) groups is 2. The highest BCUT2D eigenvalue weighted by Gasteiger charge is 2.21. The summed E-state index contributed by atoms with van der Waals surface area (Å²) in [6.07, 6.45) is 1.60. The summed E-state index contributed by atoms with van der Waals surface area (Å²) < 4.78 is 0. The Morgan fingerprint density at radius 3 is 2.89 bits per heavy atom. The first kappa shape index (κ1) is 13.1. The molecule has 7 heteroatoms. The fourth-order valence-corrected chi connectivity index (χ4v) is 1.68. The van der Waals surface area contributed by atoms with Gasteiger partial charge in [-0.25, -0.2) is 4.99 Å². The van der Waals surface area contributed by atoms with E-state index in [1.807, 2.05) is 0 Å². The molecule has 6 nitrogen and oxygen atoms in total. The summed E-state index contributed by atoms with van der Waals surface area (Å²) in [4.78, 5) is 25.7. The highest BCUT2D eigenvalue weighted by molar-refractivity contribution is 6.30. The van der Waals surface area contributed by atoms with Crippen molar-refractivity contribution in [3.05, 3.63) is 40.5 Å². The van der Waals surface area contributed by atoms with E-state index in [4.69, 9.17) is 16.7 Å². The van der Waals surface area contributed by atoms with Crippen LogP contribution in [0.4, 0.5) is 0 Å². The second-order valence-electron chi connectivity index (χ2n) is 3.75. The molecule has 1 aliphatic heterocycles. The number of aliphatic imine (C=N–C) groups is 1. The predicted octanol–water partition coefficient (Wildman–Crippen LogP) is 0.841. The van der Waals surface area contributed by atoms with Gasteiger partial charge in [-0.05, 0) is 23.8 Å². The van der Waals surface area contributed by atoms with Gasteiger partial charge in [0.2, 0.25) is 5.96 Å². The Bertz CT molecular complexity index is 596. The number of halogens is 1. The molecule has 0 bridgehead atoms. The monoisotopic (exact) mass is 279 g/mol. The zero-order chi connectivity index (χ0) is 13.8. The van der Waals surface area contributed by atoms with E-state index in [-0.39, 0.29) is 17.6 Å². The summed E-state index contributed by atoms with van der Waals surface area (Å²) in [6, 6.07) is 6.99. The van der Waals surface area contributed by atoms with Gasteiger partial charge < -0.3 is 10.4 Å². The second-order valence-corrected chi connectivity index (χ2v) is 4.19. The number of guanidine groups is 1. The number of carboxylic acid groups (broad SMARTS) is 1. The van der Waals surface area contributed by atoms with Crippen molar-refractivity contribution < 1.29 is 14.7 Å². The Kier molecular flexibility index (Phi) is 3.82. The van der Waals surface area contributed by atoms with E-state index in [2.05, 4.69) is 15.6 Å². The molecule has 0 aliphatic carbocycles. The lowest BCUT2D eigenvalue weighted by atomic mass is 10.2. The average Bonchev–Trinajstić information content (AvgIpc) is 2.68. The third-order valence-corrected chi connectivity index (χ3v) is 2.50. The summed E-state index contributed by atoms with van der Waals surface area (Å²) in [5.74, 6) is -1.32. The van der Waals surface area contributed by atoms with E-state index in [9.17, 15) is 9.59 Å². The van der Waals surface area contributed by atoms with Crippen LogP contribution in [0.15, 0.2) is 35.0 Å². The van der Waals surface area contributed by atoms with Crippen LogP contribution in [0, 0.1) is 0 Å². The maximum atomic E-state index is 11.6. The number of hydrogen-bond acceptors (Lipinski definition) is 3. The van der Waals surface area contributed by atoms with Gasteiger partial charge >= 0.3 is 5.97 Å². The van der Waals surface area contributed by atoms with Gasteiger partial charge in [-0.1, -0.05) is 23.7 Å². The van der Waals surface area contributed by atoms with Gasteiger partial charge in [0.25, 0.3) is 5.91 Å². The molecule has 1 amide bonds. The summed E-state index contributed by atoms with van der Waals surface area (Å²) in [5.41, 5.74) is 1.04. The van der Waals surface area contributed by atoms with Crippen molar-refractivity contribution in [3.63, 3.8) is 0 Å². The summed E-state index contributed by atoms with van der Waals surface area (Å²) in [5, 5.41) is 14.2. The molecular weight excluding hydrogens is 270 g/mol. The Hall–Kier alpha value is -2.34. The van der Waals surface area contributed by atoms with Crippen molar-refractivity contribution in [2.75, 3.05) is 6.54 Å². The standard InChI is InChI=1S/C12H10ClN3O3/c13-8-3-1-2-7(4-8)5-9-11(19)16-12(15-9)14-6-10(17)18/h1-5H,6H2,(H,17,18)(H2,14,15,16,19)/b9-5-. The highest BCUT2D eigenvalue weighted by Crippen LogP contribution is 2.14. The number of benzene rings is 1. The molecule has 1 fully saturated rings. The van der Waals surface area contributed by atoms with Crippen LogP contribution < -0.4 is 10.6 Å². The smallest absolute Gasteiger partial charge is 0.325 e. The quantitative estimate of drug-likeness (QED) is 0.715. The molecule has 1 aliphatic rings. The molecule has 0 radical (unpaired) electrons. The van der Waals surface area contributed by atoms with E-state index in [0.717, 1.165) is 5.56 Å². The van der Waals surface area contributed by atoms with Crippen LogP contribution in [0.25, 0.3) is 6.08 Å². The van der Waals surface area contributed by atoms with E-state index < -0.39 is 12.5 Å². The topological polar surface area (TPSA) is 90.8 Å². The fourth-order valence-electron chi connectivity index (χ4n) is 1.48. The Morgan fingerprint density at radius 1 is 1.42 bits per heavy atom. The third kappa shape index (κ3) is 3.56. The van der Waals surface area contributed by atoms with Crippen LogP contribution in [0.3, 0.4) is 0 Å². The average molecular weight is 280 g/mol. The lowest BCUT2D eigenvalue weighted by Crippen LogP contribution is -2.26. The van der Waals surface area contributed by atoms with Gasteiger partial charge in [-0.15, -0.1) is 0 Å². The Balaban J connectivity index is 2.16. The van der Waals surface area contributed by atoms with Crippen LogP contribution in [0.2, 0.25) is 5.02 Å². The van der Waals surface area contributed by atoms with Crippen LogP contribution in [-0.2, 0) is 9.59 Å². The molecule has 0 atom stereocenters. The van der Waals surface area contributed by atoms with Gasteiger partial charge in [0.1, 0.15) is 12.2 Å². The lowest BCUT2D eigenvalue weighted by molar-refractivity contribution is -0.135. The van der Waals surface area contributed by atoms with Crippen LogP contribution in [-0.4, -0.2) is 29.5 Å². The maximum absolute atomic E-state index is 11.6. The molecule has 3 N–H and O–H groups in total. The minimum absolute atomic E-state index is 0.126. The number of carboxylic acids is 1. The summed E-state index contributed by atoms with van der Waals surface area (Å²) in [6.45, 7) is -0.410. The van der Waals surface area contributed by atoms with E-state index in [0.29, 0.717) is 5.02 Å². The molecule has 1 aromatic carbocycles. The molecule has 0 aromatic heterocycles. The van der Waals surface area contributed by atoms with Crippen molar-refractivity contribution >= 4 is 35.5 Å². The van der Waals surface area contributed by atoms with Crippen molar-refractivity contribution in [2.24, 2.45) is 4.99 Å².